The molecule has 27 heavy (non-hydrogen) atoms. The third-order valence-corrected chi connectivity index (χ3v) is 4.99. The summed E-state index contributed by atoms with van der Waals surface area (Å²) in [6.45, 7) is 6.24. The van der Waals surface area contributed by atoms with Crippen molar-refractivity contribution in [1.29, 1.82) is 0 Å². The molecule has 3 aromatic rings. The summed E-state index contributed by atoms with van der Waals surface area (Å²) in [5, 5.41) is 14.0. The van der Waals surface area contributed by atoms with Crippen molar-refractivity contribution in [3.05, 3.63) is 48.2 Å². The molecule has 0 amide bonds. The molecule has 0 bridgehead atoms. The molecule has 4 rings (SSSR count). The molecule has 2 atom stereocenters. The van der Waals surface area contributed by atoms with Crippen molar-refractivity contribution in [1.82, 2.24) is 25.0 Å². The molecule has 2 aromatic heterocycles. The highest BCUT2D eigenvalue weighted by Gasteiger charge is 2.25. The van der Waals surface area contributed by atoms with Gasteiger partial charge in [0.05, 0.1) is 18.3 Å². The molecular formula is C20H23N5O2. The van der Waals surface area contributed by atoms with E-state index in [1.54, 1.807) is 6.20 Å². The first-order valence-electron chi connectivity index (χ1n) is 9.22. The van der Waals surface area contributed by atoms with E-state index in [9.17, 15) is 5.11 Å². The molecule has 0 saturated carbocycles. The van der Waals surface area contributed by atoms with E-state index < -0.39 is 0 Å². The molecule has 1 aliphatic rings. The predicted molar refractivity (Wildman–Crippen MR) is 101 cm³/mol. The number of hydrogen-bond donors (Lipinski definition) is 1. The Morgan fingerprint density at radius 3 is 2.67 bits per heavy atom. The maximum Gasteiger partial charge on any atom is 0.241 e. The molecule has 0 radical (unpaired) electrons. The predicted octanol–water partition coefficient (Wildman–Crippen LogP) is 2.70. The van der Waals surface area contributed by atoms with E-state index in [2.05, 4.69) is 31.9 Å². The van der Waals surface area contributed by atoms with Crippen LogP contribution in [0.4, 0.5) is 0 Å². The van der Waals surface area contributed by atoms with Gasteiger partial charge in [-0.3, -0.25) is 4.90 Å². The minimum atomic E-state index is -0.211. The minimum Gasteiger partial charge on any atom is -0.393 e. The van der Waals surface area contributed by atoms with Crippen LogP contribution in [0.15, 0.2) is 41.1 Å². The van der Waals surface area contributed by atoms with Gasteiger partial charge < -0.3 is 9.63 Å². The molecule has 1 fully saturated rings. The van der Waals surface area contributed by atoms with Crippen LogP contribution in [0.2, 0.25) is 0 Å². The Labute approximate surface area is 158 Å². The standard InChI is InChI=1S/C20H23N5O2/c1-13-11-25(10-8-18(13)26)12-19-23-20(24-27-19)16-5-3-15(4-6-16)17-7-9-21-14(2)22-17/h3-7,9,13,18,26H,8,10-12H2,1-2H3/t13-,18-/m1/s1. The van der Waals surface area contributed by atoms with Crippen LogP contribution in [0.5, 0.6) is 0 Å². The highest BCUT2D eigenvalue weighted by Crippen LogP contribution is 2.23. The topological polar surface area (TPSA) is 88.2 Å². The molecule has 140 valence electrons. The second-order valence-electron chi connectivity index (χ2n) is 7.15. The number of aromatic nitrogens is 4. The van der Waals surface area contributed by atoms with Crippen molar-refractivity contribution in [3.8, 4) is 22.6 Å². The summed E-state index contributed by atoms with van der Waals surface area (Å²) < 4.78 is 5.43. The fourth-order valence-electron chi connectivity index (χ4n) is 3.40. The van der Waals surface area contributed by atoms with Gasteiger partial charge in [-0.2, -0.15) is 4.98 Å². The Hall–Kier alpha value is -2.64. The SMILES string of the molecule is Cc1nccc(-c2ccc(-c3noc(CN4CC[C@@H](O)[C@H](C)C4)n3)cc2)n1. The second kappa shape index (κ2) is 7.54. The van der Waals surface area contributed by atoms with E-state index in [0.29, 0.717) is 18.3 Å². The van der Waals surface area contributed by atoms with Gasteiger partial charge in [-0.25, -0.2) is 9.97 Å². The van der Waals surface area contributed by atoms with Crippen LogP contribution in [-0.4, -0.2) is 49.3 Å². The molecule has 0 spiro atoms. The highest BCUT2D eigenvalue weighted by molar-refractivity contribution is 5.64. The summed E-state index contributed by atoms with van der Waals surface area (Å²) >= 11 is 0. The van der Waals surface area contributed by atoms with Gasteiger partial charge in [-0.15, -0.1) is 0 Å². The number of likely N-dealkylation sites (tertiary alicyclic amines) is 1. The number of nitrogens with zero attached hydrogens (tertiary/aromatic N) is 5. The fourth-order valence-corrected chi connectivity index (χ4v) is 3.40. The third kappa shape index (κ3) is 4.04. The first-order chi connectivity index (χ1) is 13.1. The van der Waals surface area contributed by atoms with E-state index in [-0.39, 0.29) is 12.0 Å². The summed E-state index contributed by atoms with van der Waals surface area (Å²) in [6, 6.07) is 9.84. The smallest absolute Gasteiger partial charge is 0.241 e. The van der Waals surface area contributed by atoms with Gasteiger partial charge in [0.1, 0.15) is 5.82 Å². The van der Waals surface area contributed by atoms with E-state index >= 15 is 0 Å². The fraction of sp³-hybridized carbons (Fsp3) is 0.400. The van der Waals surface area contributed by atoms with Crippen molar-refractivity contribution in [2.45, 2.75) is 32.9 Å². The Morgan fingerprint density at radius 1 is 1.15 bits per heavy atom. The van der Waals surface area contributed by atoms with Crippen LogP contribution >= 0.6 is 0 Å². The van der Waals surface area contributed by atoms with Gasteiger partial charge in [0.25, 0.3) is 0 Å². The maximum atomic E-state index is 9.85. The summed E-state index contributed by atoms with van der Waals surface area (Å²) in [4.78, 5) is 15.3. The molecule has 7 heteroatoms. The summed E-state index contributed by atoms with van der Waals surface area (Å²) in [7, 11) is 0. The molecule has 3 heterocycles. The first-order valence-corrected chi connectivity index (χ1v) is 9.22. The Morgan fingerprint density at radius 2 is 1.93 bits per heavy atom. The number of piperidine rings is 1. The normalized spacial score (nSPS) is 20.7. The number of aliphatic hydroxyl groups is 1. The molecule has 1 saturated heterocycles. The van der Waals surface area contributed by atoms with Gasteiger partial charge in [0, 0.05) is 30.4 Å². The zero-order chi connectivity index (χ0) is 18.8. The van der Waals surface area contributed by atoms with Crippen LogP contribution in [0.25, 0.3) is 22.6 Å². The monoisotopic (exact) mass is 365 g/mol. The van der Waals surface area contributed by atoms with Crippen molar-refractivity contribution < 1.29 is 9.63 Å². The molecule has 1 N–H and O–H groups in total. The van der Waals surface area contributed by atoms with Gasteiger partial charge >= 0.3 is 0 Å². The second-order valence-corrected chi connectivity index (χ2v) is 7.15. The lowest BCUT2D eigenvalue weighted by Crippen LogP contribution is -2.41. The lowest BCUT2D eigenvalue weighted by molar-refractivity contribution is 0.0282. The van der Waals surface area contributed by atoms with Gasteiger partial charge in [0.15, 0.2) is 0 Å². The number of rotatable bonds is 4. The summed E-state index contributed by atoms with van der Waals surface area (Å²) in [5.41, 5.74) is 2.82. The third-order valence-electron chi connectivity index (χ3n) is 4.99. The molecule has 1 aromatic carbocycles. The largest absolute Gasteiger partial charge is 0.393 e. The average Bonchev–Trinajstić information content (AvgIpc) is 3.13. The Bertz CT molecular complexity index is 909. The van der Waals surface area contributed by atoms with E-state index in [1.807, 2.05) is 37.3 Å². The van der Waals surface area contributed by atoms with Crippen LogP contribution in [0.1, 0.15) is 25.1 Å². The minimum absolute atomic E-state index is 0.211. The van der Waals surface area contributed by atoms with Gasteiger partial charge in [0.2, 0.25) is 11.7 Å². The Kier molecular flexibility index (Phi) is 4.96. The molecule has 0 unspecified atom stereocenters. The van der Waals surface area contributed by atoms with Crippen molar-refractivity contribution >= 4 is 0 Å². The van der Waals surface area contributed by atoms with Crippen LogP contribution in [0, 0.1) is 12.8 Å². The number of aliphatic hydroxyl groups excluding tert-OH is 1. The average molecular weight is 365 g/mol. The Balaban J connectivity index is 1.45. The van der Waals surface area contributed by atoms with Crippen molar-refractivity contribution in [2.24, 2.45) is 5.92 Å². The number of benzene rings is 1. The summed E-state index contributed by atoms with van der Waals surface area (Å²) in [5.74, 6) is 2.20. The van der Waals surface area contributed by atoms with Crippen LogP contribution in [-0.2, 0) is 6.54 Å². The van der Waals surface area contributed by atoms with E-state index in [0.717, 1.165) is 42.2 Å². The quantitative estimate of drug-likeness (QED) is 0.760. The van der Waals surface area contributed by atoms with E-state index in [4.69, 9.17) is 4.52 Å². The highest BCUT2D eigenvalue weighted by atomic mass is 16.5. The van der Waals surface area contributed by atoms with E-state index in [1.165, 1.54) is 0 Å². The van der Waals surface area contributed by atoms with Gasteiger partial charge in [-0.1, -0.05) is 36.3 Å². The molecule has 1 aliphatic heterocycles. The van der Waals surface area contributed by atoms with Crippen LogP contribution in [0.3, 0.4) is 0 Å². The molecule has 7 nitrogen and oxygen atoms in total. The van der Waals surface area contributed by atoms with Gasteiger partial charge in [-0.05, 0) is 25.3 Å². The zero-order valence-corrected chi connectivity index (χ0v) is 15.5. The lowest BCUT2D eigenvalue weighted by Gasteiger charge is -2.33. The van der Waals surface area contributed by atoms with Crippen molar-refractivity contribution in [3.63, 3.8) is 0 Å². The molecule has 0 aliphatic carbocycles. The van der Waals surface area contributed by atoms with Crippen LogP contribution < -0.4 is 0 Å². The van der Waals surface area contributed by atoms with Crippen molar-refractivity contribution in [2.75, 3.05) is 13.1 Å². The maximum absolute atomic E-state index is 9.85. The number of aryl methyl sites for hydroxylation is 1. The summed E-state index contributed by atoms with van der Waals surface area (Å²) in [6.07, 6.45) is 2.33. The molecular weight excluding hydrogens is 342 g/mol. The number of hydrogen-bond acceptors (Lipinski definition) is 7. The lowest BCUT2D eigenvalue weighted by atomic mass is 9.97. The zero-order valence-electron chi connectivity index (χ0n) is 15.5. The first kappa shape index (κ1) is 17.8.